The maximum atomic E-state index is 14.0. The fourth-order valence-corrected chi connectivity index (χ4v) is 7.13. The van der Waals surface area contributed by atoms with Crippen LogP contribution in [0.3, 0.4) is 0 Å². The molecule has 226 valence electrons. The number of hydrogen-bond acceptors (Lipinski definition) is 4. The number of nitrogens with zero attached hydrogens (tertiary/aromatic N) is 1. The largest absolute Gasteiger partial charge is 0.417 e. The molecule has 12 heteroatoms. The lowest BCUT2D eigenvalue weighted by Crippen LogP contribution is -2.50. The summed E-state index contributed by atoms with van der Waals surface area (Å²) >= 11 is 0. The summed E-state index contributed by atoms with van der Waals surface area (Å²) in [6.07, 6.45) is -8.91. The SMILES string of the molecule is Cc1c(OC(=O)NC2C3CCC(C)(C2O)C3(C)C)cc(-c2cc(C(F)(F)F)ccc2C(F)(F)F)n1C[C@H]1CCCO1. The molecule has 2 saturated carbocycles. The van der Waals surface area contributed by atoms with Crippen molar-refractivity contribution >= 4 is 6.09 Å². The molecule has 3 fully saturated rings. The molecule has 2 aromatic rings. The lowest BCUT2D eigenvalue weighted by Gasteiger charge is -2.37. The van der Waals surface area contributed by atoms with Crippen LogP contribution in [-0.4, -0.2) is 40.6 Å². The average Bonchev–Trinajstić information content (AvgIpc) is 3.57. The van der Waals surface area contributed by atoms with E-state index in [2.05, 4.69) is 19.2 Å². The van der Waals surface area contributed by atoms with E-state index >= 15 is 0 Å². The molecule has 1 aliphatic heterocycles. The second-order valence-electron chi connectivity index (χ2n) is 12.3. The van der Waals surface area contributed by atoms with Crippen LogP contribution in [0, 0.1) is 23.7 Å². The van der Waals surface area contributed by atoms with Gasteiger partial charge in [-0.3, -0.25) is 0 Å². The van der Waals surface area contributed by atoms with Gasteiger partial charge in [-0.05, 0) is 62.1 Å². The van der Waals surface area contributed by atoms with E-state index in [0.29, 0.717) is 31.2 Å². The lowest BCUT2D eigenvalue weighted by atomic mass is 9.70. The predicted octanol–water partition coefficient (Wildman–Crippen LogP) is 6.95. The summed E-state index contributed by atoms with van der Waals surface area (Å²) in [5.41, 5.74) is -3.71. The van der Waals surface area contributed by atoms with Gasteiger partial charge in [0.1, 0.15) is 0 Å². The molecule has 5 rings (SSSR count). The Balaban J connectivity index is 1.51. The minimum atomic E-state index is -4.94. The number of aliphatic hydroxyl groups excluding tert-OH is 1. The van der Waals surface area contributed by atoms with Crippen LogP contribution in [0.25, 0.3) is 11.3 Å². The Morgan fingerprint density at radius 3 is 2.39 bits per heavy atom. The number of carbonyl (C=O) groups excluding carboxylic acids is 1. The fourth-order valence-electron chi connectivity index (χ4n) is 7.13. The highest BCUT2D eigenvalue weighted by Crippen LogP contribution is 2.65. The van der Waals surface area contributed by atoms with Crippen molar-refractivity contribution in [3.8, 4) is 17.0 Å². The molecule has 2 aliphatic carbocycles. The molecule has 4 unspecified atom stereocenters. The van der Waals surface area contributed by atoms with Gasteiger partial charge in [-0.15, -0.1) is 0 Å². The number of alkyl halides is 6. The van der Waals surface area contributed by atoms with Gasteiger partial charge in [0.15, 0.2) is 5.75 Å². The zero-order chi connectivity index (χ0) is 30.1. The van der Waals surface area contributed by atoms with E-state index in [9.17, 15) is 36.2 Å². The van der Waals surface area contributed by atoms with Gasteiger partial charge in [0, 0.05) is 30.2 Å². The van der Waals surface area contributed by atoms with Crippen molar-refractivity contribution in [3.05, 3.63) is 41.1 Å². The third kappa shape index (κ3) is 5.00. The first-order chi connectivity index (χ1) is 18.9. The summed E-state index contributed by atoms with van der Waals surface area (Å²) in [6.45, 7) is 8.14. The zero-order valence-corrected chi connectivity index (χ0v) is 23.2. The number of rotatable bonds is 5. The van der Waals surface area contributed by atoms with Gasteiger partial charge in [0.2, 0.25) is 0 Å². The molecule has 3 aliphatic rings. The van der Waals surface area contributed by atoms with Crippen LogP contribution in [0.2, 0.25) is 0 Å². The third-order valence-corrected chi connectivity index (χ3v) is 9.95. The molecule has 1 amide bonds. The molecule has 1 saturated heterocycles. The van der Waals surface area contributed by atoms with Crippen LogP contribution < -0.4 is 10.1 Å². The lowest BCUT2D eigenvalue weighted by molar-refractivity contribution is -0.141. The Kier molecular flexibility index (Phi) is 7.21. The third-order valence-electron chi connectivity index (χ3n) is 9.95. The summed E-state index contributed by atoms with van der Waals surface area (Å²) in [7, 11) is 0. The van der Waals surface area contributed by atoms with E-state index in [-0.39, 0.29) is 41.1 Å². The molecule has 1 aromatic carbocycles. The molecule has 2 heterocycles. The van der Waals surface area contributed by atoms with Crippen molar-refractivity contribution in [3.63, 3.8) is 0 Å². The van der Waals surface area contributed by atoms with Crippen LogP contribution in [0.4, 0.5) is 31.1 Å². The number of aliphatic hydroxyl groups is 1. The highest BCUT2D eigenvalue weighted by molar-refractivity contribution is 5.74. The van der Waals surface area contributed by atoms with Crippen molar-refractivity contribution in [2.24, 2.45) is 16.7 Å². The predicted molar refractivity (Wildman–Crippen MR) is 137 cm³/mol. The highest BCUT2D eigenvalue weighted by Gasteiger charge is 2.66. The van der Waals surface area contributed by atoms with Crippen molar-refractivity contribution in [1.29, 1.82) is 0 Å². The van der Waals surface area contributed by atoms with E-state index in [1.54, 1.807) is 0 Å². The van der Waals surface area contributed by atoms with E-state index in [4.69, 9.17) is 9.47 Å². The molecule has 2 N–H and O–H groups in total. The highest BCUT2D eigenvalue weighted by atomic mass is 19.4. The fraction of sp³-hybridized carbons (Fsp3) is 0.621. The number of amides is 1. The number of halogens is 6. The minimum Gasteiger partial charge on any atom is -0.408 e. The number of nitrogens with one attached hydrogen (secondary N) is 1. The maximum absolute atomic E-state index is 14.0. The quantitative estimate of drug-likeness (QED) is 0.371. The summed E-state index contributed by atoms with van der Waals surface area (Å²) in [5, 5.41) is 13.8. The molecule has 0 spiro atoms. The zero-order valence-electron chi connectivity index (χ0n) is 23.2. The molecular formula is C29H34F6N2O4. The van der Waals surface area contributed by atoms with Crippen LogP contribution in [0.1, 0.15) is 63.3 Å². The molecule has 1 aromatic heterocycles. The molecule has 2 bridgehead atoms. The Morgan fingerprint density at radius 1 is 1.12 bits per heavy atom. The van der Waals surface area contributed by atoms with Crippen molar-refractivity contribution in [2.75, 3.05) is 6.61 Å². The smallest absolute Gasteiger partial charge is 0.408 e. The van der Waals surface area contributed by atoms with Crippen molar-refractivity contribution < 1.29 is 45.7 Å². The van der Waals surface area contributed by atoms with Gasteiger partial charge < -0.3 is 24.5 Å². The van der Waals surface area contributed by atoms with Gasteiger partial charge >= 0.3 is 18.4 Å². The number of hydrogen-bond donors (Lipinski definition) is 2. The summed E-state index contributed by atoms with van der Waals surface area (Å²) in [5.74, 6) is -0.0978. The van der Waals surface area contributed by atoms with Gasteiger partial charge in [-0.2, -0.15) is 26.3 Å². The Bertz CT molecular complexity index is 1330. The van der Waals surface area contributed by atoms with Crippen LogP contribution in [0.5, 0.6) is 5.75 Å². The van der Waals surface area contributed by atoms with Crippen molar-refractivity contribution in [1.82, 2.24) is 9.88 Å². The molecule has 41 heavy (non-hydrogen) atoms. The summed E-state index contributed by atoms with van der Waals surface area (Å²) in [6, 6.07) is 1.88. The van der Waals surface area contributed by atoms with E-state index in [0.717, 1.165) is 25.3 Å². The monoisotopic (exact) mass is 588 g/mol. The molecule has 6 nitrogen and oxygen atoms in total. The first-order valence-corrected chi connectivity index (χ1v) is 13.7. The Morgan fingerprint density at radius 2 is 1.83 bits per heavy atom. The first-order valence-electron chi connectivity index (χ1n) is 13.7. The maximum Gasteiger partial charge on any atom is 0.417 e. The van der Waals surface area contributed by atoms with Gasteiger partial charge in [-0.25, -0.2) is 4.79 Å². The van der Waals surface area contributed by atoms with Crippen molar-refractivity contribution in [2.45, 2.75) is 90.5 Å². The van der Waals surface area contributed by atoms with Crippen LogP contribution in [0.15, 0.2) is 24.3 Å². The van der Waals surface area contributed by atoms with Gasteiger partial charge in [-0.1, -0.05) is 20.8 Å². The molecule has 5 atom stereocenters. The number of benzene rings is 1. The van der Waals surface area contributed by atoms with Crippen LogP contribution in [-0.2, 0) is 23.6 Å². The summed E-state index contributed by atoms with van der Waals surface area (Å²) < 4.78 is 95.4. The second kappa shape index (κ2) is 9.93. The Labute approximate surface area is 234 Å². The molecular weight excluding hydrogens is 554 g/mol. The Hall–Kier alpha value is -2.73. The number of fused-ring (bicyclic) bond motifs is 2. The van der Waals surface area contributed by atoms with E-state index in [1.165, 1.54) is 11.5 Å². The first kappa shape index (κ1) is 29.8. The summed E-state index contributed by atoms with van der Waals surface area (Å²) in [4.78, 5) is 13.1. The standard InChI is InChI=1S/C29H34F6N2O4/c1-15-22(41-25(39)36-23-20-9-10-27(4,24(23)38)26(20,2)3)13-21(37(15)14-17-6-5-11-40-17)18-12-16(28(30,31)32)7-8-19(18)29(33,34)35/h7-8,12-13,17,20,23-24,38H,5-6,9-11,14H2,1-4H3,(H,36,39)/t17-,20?,23?,24?,27?/m1/s1. The topological polar surface area (TPSA) is 72.7 Å². The number of ether oxygens (including phenoxy) is 2. The van der Waals surface area contributed by atoms with Gasteiger partial charge in [0.05, 0.1) is 40.8 Å². The molecule has 0 radical (unpaired) electrons. The van der Waals surface area contributed by atoms with E-state index in [1.807, 2.05) is 6.92 Å². The minimum absolute atomic E-state index is 0.00438. The van der Waals surface area contributed by atoms with Crippen LogP contribution >= 0.6 is 0 Å². The average molecular weight is 589 g/mol. The normalized spacial score (nSPS) is 29.2. The number of aromatic nitrogens is 1. The van der Waals surface area contributed by atoms with Gasteiger partial charge in [0.25, 0.3) is 0 Å². The second-order valence-corrected chi connectivity index (χ2v) is 12.3. The number of carbonyl (C=O) groups is 1. The van der Waals surface area contributed by atoms with E-state index < -0.39 is 52.7 Å².